The maximum Gasteiger partial charge on any atom is 0.337 e. The Labute approximate surface area is 95.0 Å². The molecule has 1 N–H and O–H groups in total. The Hall–Kier alpha value is -1.94. The predicted molar refractivity (Wildman–Crippen MR) is 64.1 cm³/mol. The van der Waals surface area contributed by atoms with Gasteiger partial charge in [-0.3, -0.25) is 0 Å². The molecular weight excluding hydrogens is 222 g/mol. The number of aromatic nitrogens is 1. The molecule has 0 saturated heterocycles. The highest BCUT2D eigenvalue weighted by atomic mass is 32.1. The second-order valence-corrected chi connectivity index (χ2v) is 4.34. The highest BCUT2D eigenvalue weighted by Crippen LogP contribution is 2.28. The molecule has 0 fully saturated rings. The zero-order chi connectivity index (χ0) is 11.1. The van der Waals surface area contributed by atoms with Gasteiger partial charge < -0.3 is 5.11 Å². The van der Waals surface area contributed by atoms with Gasteiger partial charge >= 0.3 is 5.97 Å². The van der Waals surface area contributed by atoms with Crippen molar-refractivity contribution in [3.8, 4) is 0 Å². The third kappa shape index (κ3) is 1.20. The molecule has 0 aliphatic rings. The van der Waals surface area contributed by atoms with Gasteiger partial charge in [0.15, 0.2) is 0 Å². The maximum atomic E-state index is 11.3. The summed E-state index contributed by atoms with van der Waals surface area (Å²) in [5.41, 5.74) is 1.08. The van der Waals surface area contributed by atoms with E-state index in [-0.39, 0.29) is 0 Å². The summed E-state index contributed by atoms with van der Waals surface area (Å²) >= 11 is 1.46. The van der Waals surface area contributed by atoms with E-state index < -0.39 is 5.97 Å². The zero-order valence-corrected chi connectivity index (χ0v) is 8.99. The van der Waals surface area contributed by atoms with E-state index >= 15 is 0 Å². The average Bonchev–Trinajstić information content (AvgIpc) is 2.72. The second-order valence-electron chi connectivity index (χ2n) is 3.45. The van der Waals surface area contributed by atoms with Crippen molar-refractivity contribution in [2.75, 3.05) is 0 Å². The summed E-state index contributed by atoms with van der Waals surface area (Å²) in [6, 6.07) is 9.13. The van der Waals surface area contributed by atoms with Crippen molar-refractivity contribution < 1.29 is 9.90 Å². The van der Waals surface area contributed by atoms with Gasteiger partial charge in [-0.2, -0.15) is 0 Å². The minimum atomic E-state index is -0.901. The fourth-order valence-corrected chi connectivity index (χ4v) is 2.63. The molecule has 2 heterocycles. The van der Waals surface area contributed by atoms with Crippen LogP contribution in [0.5, 0.6) is 0 Å². The Kier molecular flexibility index (Phi) is 1.91. The highest BCUT2D eigenvalue weighted by Gasteiger charge is 2.14. The van der Waals surface area contributed by atoms with Crippen molar-refractivity contribution in [1.29, 1.82) is 0 Å². The molecule has 3 rings (SSSR count). The van der Waals surface area contributed by atoms with Gasteiger partial charge in [-0.25, -0.2) is 9.78 Å². The number of para-hydroxylation sites is 1. The van der Waals surface area contributed by atoms with Crippen LogP contribution < -0.4 is 0 Å². The molecule has 0 atom stereocenters. The molecule has 0 aliphatic carbocycles. The average molecular weight is 229 g/mol. The molecule has 1 aromatic carbocycles. The summed E-state index contributed by atoms with van der Waals surface area (Å²) in [7, 11) is 0. The van der Waals surface area contributed by atoms with E-state index in [0.29, 0.717) is 10.9 Å². The van der Waals surface area contributed by atoms with E-state index in [1.54, 1.807) is 6.07 Å². The van der Waals surface area contributed by atoms with Crippen molar-refractivity contribution in [1.82, 2.24) is 4.98 Å². The molecule has 0 bridgehead atoms. The van der Waals surface area contributed by atoms with E-state index in [1.807, 2.05) is 29.6 Å². The standard InChI is InChI=1S/C12H7NO2S/c14-12(15)10-7-3-1-2-4-9(7)13-11-8(10)5-6-16-11/h1-6H,(H,14,15). The first kappa shape index (κ1) is 9.30. The smallest absolute Gasteiger partial charge is 0.337 e. The Balaban J connectivity index is 2.61. The quantitative estimate of drug-likeness (QED) is 0.697. The zero-order valence-electron chi connectivity index (χ0n) is 8.18. The fraction of sp³-hybridized carbons (Fsp3) is 0. The Morgan fingerprint density at radius 2 is 2.00 bits per heavy atom. The first-order valence-electron chi connectivity index (χ1n) is 4.76. The van der Waals surface area contributed by atoms with Gasteiger partial charge in [-0.05, 0) is 17.5 Å². The van der Waals surface area contributed by atoms with Gasteiger partial charge in [-0.15, -0.1) is 11.3 Å². The van der Waals surface area contributed by atoms with Crippen LogP contribution in [0.1, 0.15) is 10.4 Å². The van der Waals surface area contributed by atoms with Crippen LogP contribution in [-0.4, -0.2) is 16.1 Å². The minimum Gasteiger partial charge on any atom is -0.478 e. The maximum absolute atomic E-state index is 11.3. The largest absolute Gasteiger partial charge is 0.478 e. The van der Waals surface area contributed by atoms with Crippen LogP contribution in [0.2, 0.25) is 0 Å². The third-order valence-electron chi connectivity index (χ3n) is 2.52. The Morgan fingerprint density at radius 3 is 2.81 bits per heavy atom. The molecule has 4 heteroatoms. The molecule has 16 heavy (non-hydrogen) atoms. The van der Waals surface area contributed by atoms with E-state index in [9.17, 15) is 9.90 Å². The van der Waals surface area contributed by atoms with Crippen molar-refractivity contribution in [3.63, 3.8) is 0 Å². The molecule has 0 radical (unpaired) electrons. The summed E-state index contributed by atoms with van der Waals surface area (Å²) in [5, 5.41) is 12.6. The lowest BCUT2D eigenvalue weighted by molar-refractivity contribution is 0.0701. The molecular formula is C12H7NO2S. The first-order valence-corrected chi connectivity index (χ1v) is 5.64. The number of pyridine rings is 1. The van der Waals surface area contributed by atoms with E-state index in [0.717, 1.165) is 15.7 Å². The summed E-state index contributed by atoms with van der Waals surface area (Å²) in [5.74, 6) is -0.901. The van der Waals surface area contributed by atoms with Gasteiger partial charge in [0.25, 0.3) is 0 Å². The molecule has 2 aromatic heterocycles. The van der Waals surface area contributed by atoms with Gasteiger partial charge in [0, 0.05) is 10.8 Å². The lowest BCUT2D eigenvalue weighted by Gasteiger charge is -2.03. The molecule has 3 nitrogen and oxygen atoms in total. The number of nitrogens with zero attached hydrogens (tertiary/aromatic N) is 1. The fourth-order valence-electron chi connectivity index (χ4n) is 1.85. The topological polar surface area (TPSA) is 50.2 Å². The number of carbonyl (C=O) groups is 1. The van der Waals surface area contributed by atoms with Crippen LogP contribution in [0, 0.1) is 0 Å². The van der Waals surface area contributed by atoms with Gasteiger partial charge in [0.05, 0.1) is 11.1 Å². The lowest BCUT2D eigenvalue weighted by Crippen LogP contribution is -1.99. The Morgan fingerprint density at radius 1 is 1.19 bits per heavy atom. The summed E-state index contributed by atoms with van der Waals surface area (Å²) < 4.78 is 0. The number of aromatic carboxylic acids is 1. The molecule has 0 aliphatic heterocycles. The molecule has 0 amide bonds. The Bertz CT molecular complexity index is 702. The summed E-state index contributed by atoms with van der Waals surface area (Å²) in [6.45, 7) is 0. The molecule has 78 valence electrons. The van der Waals surface area contributed by atoms with Crippen molar-refractivity contribution >= 4 is 38.4 Å². The number of carboxylic acids is 1. The number of hydrogen-bond acceptors (Lipinski definition) is 3. The number of benzene rings is 1. The van der Waals surface area contributed by atoms with Gasteiger partial charge in [0.1, 0.15) is 4.83 Å². The van der Waals surface area contributed by atoms with Crippen LogP contribution in [0.15, 0.2) is 35.7 Å². The summed E-state index contributed by atoms with van der Waals surface area (Å²) in [6.07, 6.45) is 0. The SMILES string of the molecule is O=C(O)c1c2ccccc2nc2sccc12. The van der Waals surface area contributed by atoms with Crippen molar-refractivity contribution in [2.45, 2.75) is 0 Å². The molecule has 0 saturated carbocycles. The molecule has 3 aromatic rings. The highest BCUT2D eigenvalue weighted by molar-refractivity contribution is 7.16. The van der Waals surface area contributed by atoms with Gasteiger partial charge in [0.2, 0.25) is 0 Å². The number of rotatable bonds is 1. The molecule has 0 spiro atoms. The van der Waals surface area contributed by atoms with Gasteiger partial charge in [-0.1, -0.05) is 18.2 Å². The lowest BCUT2D eigenvalue weighted by atomic mass is 10.1. The van der Waals surface area contributed by atoms with Crippen LogP contribution in [0.3, 0.4) is 0 Å². The third-order valence-corrected chi connectivity index (χ3v) is 3.33. The van der Waals surface area contributed by atoms with Crippen molar-refractivity contribution in [2.24, 2.45) is 0 Å². The van der Waals surface area contributed by atoms with Crippen LogP contribution in [0.25, 0.3) is 21.1 Å². The normalized spacial score (nSPS) is 11.0. The summed E-state index contributed by atoms with van der Waals surface area (Å²) in [4.78, 5) is 16.5. The number of hydrogen-bond donors (Lipinski definition) is 1. The van der Waals surface area contributed by atoms with Crippen LogP contribution in [-0.2, 0) is 0 Å². The predicted octanol–water partition coefficient (Wildman–Crippen LogP) is 3.15. The van der Waals surface area contributed by atoms with E-state index in [1.165, 1.54) is 11.3 Å². The van der Waals surface area contributed by atoms with E-state index in [4.69, 9.17) is 0 Å². The first-order chi connectivity index (χ1) is 7.77. The second kappa shape index (κ2) is 3.28. The van der Waals surface area contributed by atoms with Crippen LogP contribution >= 0.6 is 11.3 Å². The number of carboxylic acid groups (broad SMARTS) is 1. The van der Waals surface area contributed by atoms with E-state index in [2.05, 4.69) is 4.98 Å². The monoisotopic (exact) mass is 229 g/mol. The number of thiophene rings is 1. The molecule has 0 unspecified atom stereocenters. The van der Waals surface area contributed by atoms with Crippen LogP contribution in [0.4, 0.5) is 0 Å². The minimum absolute atomic E-state index is 0.349. The van der Waals surface area contributed by atoms with Crippen molar-refractivity contribution in [3.05, 3.63) is 41.3 Å². The number of fused-ring (bicyclic) bond motifs is 2.